The molecule has 1 atom stereocenters. The molecule has 158 valence electrons. The van der Waals surface area contributed by atoms with Gasteiger partial charge in [-0.05, 0) is 44.2 Å². The lowest BCUT2D eigenvalue weighted by Gasteiger charge is -2.17. The second kappa shape index (κ2) is 8.31. The molecule has 1 N–H and O–H groups in total. The third kappa shape index (κ3) is 3.91. The first-order valence-corrected chi connectivity index (χ1v) is 11.2. The highest BCUT2D eigenvalue weighted by molar-refractivity contribution is 8.00. The van der Waals surface area contributed by atoms with E-state index in [2.05, 4.69) is 10.3 Å². The zero-order valence-corrected chi connectivity index (χ0v) is 17.3. The highest BCUT2D eigenvalue weighted by atomic mass is 32.2. The van der Waals surface area contributed by atoms with E-state index in [1.54, 1.807) is 22.8 Å². The Morgan fingerprint density at radius 1 is 1.23 bits per heavy atom. The average Bonchev–Trinajstić information content (AvgIpc) is 3.50. The van der Waals surface area contributed by atoms with E-state index >= 15 is 0 Å². The third-order valence-corrected chi connectivity index (χ3v) is 6.62. The number of rotatable bonds is 6. The maximum atomic E-state index is 12.7. The summed E-state index contributed by atoms with van der Waals surface area (Å²) in [6, 6.07) is 5.29. The molecule has 3 heterocycles. The van der Waals surface area contributed by atoms with E-state index in [4.69, 9.17) is 14.2 Å². The number of thioether (sulfide) groups is 1. The van der Waals surface area contributed by atoms with Crippen molar-refractivity contribution in [3.05, 3.63) is 39.9 Å². The number of fused-ring (bicyclic) bond motifs is 2. The largest absolute Gasteiger partial charge is 0.454 e. The van der Waals surface area contributed by atoms with Crippen molar-refractivity contribution >= 4 is 23.4 Å². The van der Waals surface area contributed by atoms with E-state index in [9.17, 15) is 9.59 Å². The fourth-order valence-corrected chi connectivity index (χ4v) is 5.07. The molecule has 5 rings (SSSR count). The lowest BCUT2D eigenvalue weighted by molar-refractivity contribution is -0.113. The molecule has 3 aliphatic rings. The summed E-state index contributed by atoms with van der Waals surface area (Å²) >= 11 is 1.32. The molecule has 1 saturated heterocycles. The van der Waals surface area contributed by atoms with Crippen LogP contribution in [-0.4, -0.2) is 40.7 Å². The van der Waals surface area contributed by atoms with Gasteiger partial charge in [-0.2, -0.15) is 4.98 Å². The van der Waals surface area contributed by atoms with Gasteiger partial charge in [0.25, 0.3) is 0 Å². The molecule has 2 aromatic rings. The van der Waals surface area contributed by atoms with E-state index in [1.165, 1.54) is 11.8 Å². The van der Waals surface area contributed by atoms with Crippen LogP contribution in [0.4, 0.5) is 5.69 Å². The smallest absolute Gasteiger partial charge is 0.348 e. The zero-order chi connectivity index (χ0) is 20.5. The molecule has 1 amide bonds. The summed E-state index contributed by atoms with van der Waals surface area (Å²) in [5, 5.41) is 3.54. The first-order chi connectivity index (χ1) is 14.7. The lowest BCUT2D eigenvalue weighted by atomic mass is 10.2. The Hall–Kier alpha value is -2.52. The van der Waals surface area contributed by atoms with Gasteiger partial charge in [-0.15, -0.1) is 0 Å². The summed E-state index contributed by atoms with van der Waals surface area (Å²) in [5.41, 5.74) is 2.57. The van der Waals surface area contributed by atoms with Gasteiger partial charge in [0, 0.05) is 29.6 Å². The highest BCUT2D eigenvalue weighted by Crippen LogP contribution is 2.34. The number of ether oxygens (including phenoxy) is 3. The summed E-state index contributed by atoms with van der Waals surface area (Å²) in [5.74, 6) is 1.32. The lowest BCUT2D eigenvalue weighted by Crippen LogP contribution is -2.31. The molecule has 0 spiro atoms. The minimum Gasteiger partial charge on any atom is -0.454 e. The molecule has 30 heavy (non-hydrogen) atoms. The number of carbonyl (C=O) groups excluding carboxylic acids is 1. The SMILES string of the molecule is O=C(CSc1nc(=O)n(C[C@@H]2CCCO2)c2c1CCC2)Nc1ccc2c(c1)OCO2. The average molecular weight is 429 g/mol. The van der Waals surface area contributed by atoms with Crippen molar-refractivity contribution in [3.63, 3.8) is 0 Å². The molecule has 0 radical (unpaired) electrons. The van der Waals surface area contributed by atoms with Crippen molar-refractivity contribution in [2.24, 2.45) is 0 Å². The topological polar surface area (TPSA) is 91.7 Å². The Morgan fingerprint density at radius 2 is 2.13 bits per heavy atom. The van der Waals surface area contributed by atoms with Crippen molar-refractivity contribution in [1.82, 2.24) is 9.55 Å². The summed E-state index contributed by atoms with van der Waals surface area (Å²) in [7, 11) is 0. The van der Waals surface area contributed by atoms with Crippen LogP contribution in [0, 0.1) is 0 Å². The van der Waals surface area contributed by atoms with Gasteiger partial charge in [0.05, 0.1) is 18.4 Å². The standard InChI is InChI=1S/C21H23N3O5S/c25-19(22-13-6-7-17-18(9-13)29-12-28-17)11-30-20-15-4-1-5-16(15)24(21(26)23-20)10-14-3-2-8-27-14/h6-7,9,14H,1-5,8,10-12H2,(H,22,25)/t14-/m0/s1. The van der Waals surface area contributed by atoms with Crippen LogP contribution < -0.4 is 20.5 Å². The third-order valence-electron chi connectivity index (χ3n) is 5.61. The Kier molecular flexibility index (Phi) is 5.39. The van der Waals surface area contributed by atoms with E-state index in [-0.39, 0.29) is 30.2 Å². The number of nitrogens with zero attached hydrogens (tertiary/aromatic N) is 2. The van der Waals surface area contributed by atoms with Gasteiger partial charge in [0.1, 0.15) is 5.03 Å². The van der Waals surface area contributed by atoms with Gasteiger partial charge in [-0.1, -0.05) is 11.8 Å². The van der Waals surface area contributed by atoms with Crippen LogP contribution in [0.2, 0.25) is 0 Å². The van der Waals surface area contributed by atoms with E-state index in [0.29, 0.717) is 28.8 Å². The van der Waals surface area contributed by atoms with Gasteiger partial charge in [0.15, 0.2) is 11.5 Å². The molecular formula is C21H23N3O5S. The van der Waals surface area contributed by atoms with Gasteiger partial charge in [-0.25, -0.2) is 4.79 Å². The number of hydrogen-bond acceptors (Lipinski definition) is 7. The van der Waals surface area contributed by atoms with Crippen molar-refractivity contribution in [2.75, 3.05) is 24.5 Å². The Morgan fingerprint density at radius 3 is 3.00 bits per heavy atom. The normalized spacial score (nSPS) is 19.1. The van der Waals surface area contributed by atoms with Crippen molar-refractivity contribution < 1.29 is 19.0 Å². The zero-order valence-electron chi connectivity index (χ0n) is 16.5. The number of aromatic nitrogens is 2. The van der Waals surface area contributed by atoms with Crippen LogP contribution >= 0.6 is 11.8 Å². The van der Waals surface area contributed by atoms with E-state index < -0.39 is 0 Å². The second-order valence-electron chi connectivity index (χ2n) is 7.63. The van der Waals surface area contributed by atoms with Crippen LogP contribution in [0.15, 0.2) is 28.0 Å². The van der Waals surface area contributed by atoms with Gasteiger partial charge in [0.2, 0.25) is 12.7 Å². The quantitative estimate of drug-likeness (QED) is 0.557. The predicted octanol–water partition coefficient (Wildman–Crippen LogP) is 2.37. The molecule has 1 aromatic carbocycles. The fraction of sp³-hybridized carbons (Fsp3) is 0.476. The van der Waals surface area contributed by atoms with E-state index in [1.807, 2.05) is 0 Å². The molecule has 9 heteroatoms. The molecule has 0 bridgehead atoms. The van der Waals surface area contributed by atoms with Crippen LogP contribution in [0.3, 0.4) is 0 Å². The number of hydrogen-bond donors (Lipinski definition) is 1. The number of benzene rings is 1. The number of nitrogens with one attached hydrogen (secondary N) is 1. The van der Waals surface area contributed by atoms with E-state index in [0.717, 1.165) is 50.0 Å². The van der Waals surface area contributed by atoms with Gasteiger partial charge in [-0.3, -0.25) is 9.36 Å². The Labute approximate surface area is 177 Å². The first kappa shape index (κ1) is 19.4. The fourth-order valence-electron chi connectivity index (χ4n) is 4.19. The summed E-state index contributed by atoms with van der Waals surface area (Å²) in [6.45, 7) is 1.53. The van der Waals surface area contributed by atoms with Crippen molar-refractivity contribution in [2.45, 2.75) is 49.8 Å². The molecule has 0 saturated carbocycles. The summed E-state index contributed by atoms with van der Waals surface area (Å²) in [6.07, 6.45) is 4.89. The van der Waals surface area contributed by atoms with Crippen LogP contribution in [-0.2, 0) is 28.9 Å². The monoisotopic (exact) mass is 429 g/mol. The van der Waals surface area contributed by atoms with Crippen molar-refractivity contribution in [3.8, 4) is 11.5 Å². The van der Waals surface area contributed by atoms with Gasteiger partial charge >= 0.3 is 5.69 Å². The first-order valence-electron chi connectivity index (χ1n) is 10.2. The molecule has 0 unspecified atom stereocenters. The minimum absolute atomic E-state index is 0.0974. The number of amides is 1. The molecule has 1 aromatic heterocycles. The summed E-state index contributed by atoms with van der Waals surface area (Å²) < 4.78 is 18.1. The number of anilines is 1. The highest BCUT2D eigenvalue weighted by Gasteiger charge is 2.25. The molecule has 2 aliphatic heterocycles. The number of carbonyl (C=O) groups is 1. The summed E-state index contributed by atoms with van der Waals surface area (Å²) in [4.78, 5) is 29.4. The maximum Gasteiger partial charge on any atom is 0.348 e. The molecular weight excluding hydrogens is 406 g/mol. The van der Waals surface area contributed by atoms with Crippen LogP contribution in [0.1, 0.15) is 30.5 Å². The molecule has 8 nitrogen and oxygen atoms in total. The maximum absolute atomic E-state index is 12.7. The van der Waals surface area contributed by atoms with Gasteiger partial charge < -0.3 is 19.5 Å². The second-order valence-corrected chi connectivity index (χ2v) is 8.59. The molecule has 1 fully saturated rings. The Bertz CT molecular complexity index is 1030. The minimum atomic E-state index is -0.246. The van der Waals surface area contributed by atoms with Crippen molar-refractivity contribution in [1.29, 1.82) is 0 Å². The Balaban J connectivity index is 1.27. The molecule has 1 aliphatic carbocycles. The van der Waals surface area contributed by atoms with Crippen LogP contribution in [0.25, 0.3) is 0 Å². The predicted molar refractivity (Wildman–Crippen MR) is 111 cm³/mol. The van der Waals surface area contributed by atoms with Crippen LogP contribution in [0.5, 0.6) is 11.5 Å².